The number of likely N-dealkylation sites (N-methyl/N-ethyl adjacent to an activating group) is 1. The molecule has 6 heteroatoms. The highest BCUT2D eigenvalue weighted by molar-refractivity contribution is 5.77. The first-order chi connectivity index (χ1) is 8.08. The summed E-state index contributed by atoms with van der Waals surface area (Å²) in [5, 5.41) is 13.8. The molecule has 1 aliphatic heterocycles. The lowest BCUT2D eigenvalue weighted by Crippen LogP contribution is -2.31. The molecule has 0 atom stereocenters. The topological polar surface area (TPSA) is 61.6 Å². The predicted octanol–water partition coefficient (Wildman–Crippen LogP) is 1.35. The third-order valence-electron chi connectivity index (χ3n) is 2.81. The van der Waals surface area contributed by atoms with Crippen LogP contribution in [-0.4, -0.2) is 43.7 Å². The highest BCUT2D eigenvalue weighted by Crippen LogP contribution is 2.33. The molecule has 0 amide bonds. The van der Waals surface area contributed by atoms with Crippen molar-refractivity contribution >= 4 is 17.1 Å². The first kappa shape index (κ1) is 11.7. The summed E-state index contributed by atoms with van der Waals surface area (Å²) in [6.07, 6.45) is 0. The number of non-ortho nitro benzene ring substituents is 1. The molecule has 0 saturated carbocycles. The summed E-state index contributed by atoms with van der Waals surface area (Å²) >= 11 is 0. The zero-order valence-corrected chi connectivity index (χ0v) is 10.0. The summed E-state index contributed by atoms with van der Waals surface area (Å²) in [7, 11) is 4.06. The van der Waals surface area contributed by atoms with Crippen molar-refractivity contribution in [2.24, 2.45) is 0 Å². The zero-order valence-electron chi connectivity index (χ0n) is 10.0. The van der Waals surface area contributed by atoms with Crippen LogP contribution in [0.15, 0.2) is 18.2 Å². The van der Waals surface area contributed by atoms with Gasteiger partial charge < -0.3 is 15.1 Å². The second-order valence-corrected chi connectivity index (χ2v) is 4.36. The first-order valence-corrected chi connectivity index (χ1v) is 5.50. The summed E-state index contributed by atoms with van der Waals surface area (Å²) in [5.41, 5.74) is 2.01. The van der Waals surface area contributed by atoms with E-state index < -0.39 is 0 Å². The zero-order chi connectivity index (χ0) is 12.4. The average Bonchev–Trinajstić information content (AvgIpc) is 2.68. The van der Waals surface area contributed by atoms with Gasteiger partial charge in [0.25, 0.3) is 5.69 Å². The van der Waals surface area contributed by atoms with Gasteiger partial charge in [0.15, 0.2) is 0 Å². The molecule has 0 spiro atoms. The molecule has 2 rings (SSSR count). The smallest absolute Gasteiger partial charge is 0.271 e. The van der Waals surface area contributed by atoms with E-state index in [0.717, 1.165) is 24.5 Å². The molecule has 92 valence electrons. The molecule has 1 aliphatic rings. The second-order valence-electron chi connectivity index (χ2n) is 4.36. The Balaban J connectivity index is 2.13. The average molecular weight is 236 g/mol. The van der Waals surface area contributed by atoms with E-state index in [1.165, 1.54) is 0 Å². The van der Waals surface area contributed by atoms with Crippen molar-refractivity contribution in [3.8, 4) is 0 Å². The number of nitrogens with zero attached hydrogens (tertiary/aromatic N) is 3. The highest BCUT2D eigenvalue weighted by Gasteiger charge is 2.20. The molecule has 0 fully saturated rings. The standard InChI is InChI=1S/C11H16N4O2/c1-13(2)5-6-14-8-12-10-7-9(15(16)17)3-4-11(10)14/h3-4,7,12H,5-6,8H2,1-2H3. The van der Waals surface area contributed by atoms with Crippen LogP contribution in [0.2, 0.25) is 0 Å². The fourth-order valence-electron chi connectivity index (χ4n) is 1.84. The Morgan fingerprint density at radius 1 is 1.53 bits per heavy atom. The molecule has 0 aliphatic carbocycles. The van der Waals surface area contributed by atoms with E-state index in [2.05, 4.69) is 15.1 Å². The van der Waals surface area contributed by atoms with Crippen molar-refractivity contribution in [2.75, 3.05) is 44.1 Å². The van der Waals surface area contributed by atoms with Gasteiger partial charge in [0.2, 0.25) is 0 Å². The Bertz CT molecular complexity index is 433. The normalized spacial score (nSPS) is 13.7. The maximum absolute atomic E-state index is 10.7. The Labute approximate surface area is 100.0 Å². The first-order valence-electron chi connectivity index (χ1n) is 5.50. The molecular weight excluding hydrogens is 220 g/mol. The van der Waals surface area contributed by atoms with Crippen LogP contribution in [-0.2, 0) is 0 Å². The van der Waals surface area contributed by atoms with E-state index in [0.29, 0.717) is 6.67 Å². The molecule has 1 aromatic carbocycles. The molecule has 6 nitrogen and oxygen atoms in total. The minimum absolute atomic E-state index is 0.130. The number of nitrogens with one attached hydrogen (secondary N) is 1. The minimum atomic E-state index is -0.371. The van der Waals surface area contributed by atoms with Crippen molar-refractivity contribution in [3.05, 3.63) is 28.3 Å². The van der Waals surface area contributed by atoms with Crippen LogP contribution in [0.3, 0.4) is 0 Å². The monoisotopic (exact) mass is 236 g/mol. The molecule has 0 bridgehead atoms. The van der Waals surface area contributed by atoms with E-state index in [1.807, 2.05) is 20.2 Å². The van der Waals surface area contributed by atoms with Crippen LogP contribution in [0, 0.1) is 10.1 Å². The fourth-order valence-corrected chi connectivity index (χ4v) is 1.84. The summed E-state index contributed by atoms with van der Waals surface area (Å²) in [4.78, 5) is 14.6. The number of nitro benzene ring substituents is 1. The molecule has 1 heterocycles. The maximum Gasteiger partial charge on any atom is 0.271 e. The van der Waals surface area contributed by atoms with E-state index in [1.54, 1.807) is 12.1 Å². The van der Waals surface area contributed by atoms with Crippen LogP contribution in [0.1, 0.15) is 0 Å². The predicted molar refractivity (Wildman–Crippen MR) is 67.5 cm³/mol. The quantitative estimate of drug-likeness (QED) is 0.631. The fraction of sp³-hybridized carbons (Fsp3) is 0.455. The maximum atomic E-state index is 10.7. The van der Waals surface area contributed by atoms with Gasteiger partial charge in [-0.3, -0.25) is 10.1 Å². The summed E-state index contributed by atoms with van der Waals surface area (Å²) in [6, 6.07) is 4.95. The van der Waals surface area contributed by atoms with E-state index in [4.69, 9.17) is 0 Å². The number of rotatable bonds is 4. The summed E-state index contributed by atoms with van der Waals surface area (Å²) in [6.45, 7) is 2.58. The van der Waals surface area contributed by atoms with Crippen LogP contribution < -0.4 is 10.2 Å². The lowest BCUT2D eigenvalue weighted by Gasteiger charge is -2.20. The molecule has 0 unspecified atom stereocenters. The van der Waals surface area contributed by atoms with Gasteiger partial charge in [-0.15, -0.1) is 0 Å². The minimum Gasteiger partial charge on any atom is -0.366 e. The number of hydrogen-bond donors (Lipinski definition) is 1. The van der Waals surface area contributed by atoms with Crippen LogP contribution >= 0.6 is 0 Å². The second kappa shape index (κ2) is 4.58. The largest absolute Gasteiger partial charge is 0.366 e. The highest BCUT2D eigenvalue weighted by atomic mass is 16.6. The number of anilines is 2. The number of benzene rings is 1. The van der Waals surface area contributed by atoms with E-state index >= 15 is 0 Å². The van der Waals surface area contributed by atoms with Crippen LogP contribution in [0.5, 0.6) is 0 Å². The SMILES string of the molecule is CN(C)CCN1CNc2cc([N+](=O)[O-])ccc21. The lowest BCUT2D eigenvalue weighted by molar-refractivity contribution is -0.384. The molecule has 0 saturated heterocycles. The van der Waals surface area contributed by atoms with Crippen molar-refractivity contribution < 1.29 is 4.92 Å². The van der Waals surface area contributed by atoms with E-state index in [-0.39, 0.29) is 10.6 Å². The summed E-state index contributed by atoms with van der Waals surface area (Å²) < 4.78 is 0. The lowest BCUT2D eigenvalue weighted by atomic mass is 10.2. The Morgan fingerprint density at radius 2 is 2.29 bits per heavy atom. The van der Waals surface area contributed by atoms with Gasteiger partial charge >= 0.3 is 0 Å². The van der Waals surface area contributed by atoms with Crippen LogP contribution in [0.4, 0.5) is 17.1 Å². The molecule has 1 aromatic rings. The van der Waals surface area contributed by atoms with Gasteiger partial charge in [0.1, 0.15) is 0 Å². The van der Waals surface area contributed by atoms with E-state index in [9.17, 15) is 10.1 Å². The Kier molecular flexibility index (Phi) is 3.14. The number of nitro groups is 1. The van der Waals surface area contributed by atoms with Gasteiger partial charge in [0.05, 0.1) is 23.0 Å². The van der Waals surface area contributed by atoms with Crippen molar-refractivity contribution in [1.29, 1.82) is 0 Å². The van der Waals surface area contributed by atoms with Gasteiger partial charge in [-0.1, -0.05) is 0 Å². The van der Waals surface area contributed by atoms with Crippen molar-refractivity contribution in [2.45, 2.75) is 0 Å². The Morgan fingerprint density at radius 3 is 2.94 bits per heavy atom. The van der Waals surface area contributed by atoms with Gasteiger partial charge in [0, 0.05) is 25.2 Å². The molecule has 1 N–H and O–H groups in total. The molecule has 0 radical (unpaired) electrons. The summed E-state index contributed by atoms with van der Waals surface area (Å²) in [5.74, 6) is 0. The molecular formula is C11H16N4O2. The third-order valence-corrected chi connectivity index (χ3v) is 2.81. The number of fused-ring (bicyclic) bond motifs is 1. The van der Waals surface area contributed by atoms with Gasteiger partial charge in [-0.05, 0) is 20.2 Å². The molecule has 17 heavy (non-hydrogen) atoms. The number of hydrogen-bond acceptors (Lipinski definition) is 5. The van der Waals surface area contributed by atoms with Crippen molar-refractivity contribution in [1.82, 2.24) is 4.90 Å². The Hall–Kier alpha value is -1.82. The van der Waals surface area contributed by atoms with Crippen LogP contribution in [0.25, 0.3) is 0 Å². The van der Waals surface area contributed by atoms with Gasteiger partial charge in [-0.25, -0.2) is 0 Å². The molecule has 0 aromatic heterocycles. The van der Waals surface area contributed by atoms with Gasteiger partial charge in [-0.2, -0.15) is 0 Å². The van der Waals surface area contributed by atoms with Crippen molar-refractivity contribution in [3.63, 3.8) is 0 Å². The third kappa shape index (κ3) is 2.47.